The van der Waals surface area contributed by atoms with Gasteiger partial charge in [0.2, 0.25) is 0 Å². The third kappa shape index (κ3) is 2.80. The van der Waals surface area contributed by atoms with Crippen LogP contribution in [0.4, 0.5) is 4.79 Å². The largest absolute Gasteiger partial charge is 0.447 e. The maximum absolute atomic E-state index is 13.4. The monoisotopic (exact) mass is 399 g/mol. The van der Waals surface area contributed by atoms with Crippen molar-refractivity contribution in [2.24, 2.45) is 5.41 Å². The fraction of sp³-hybridized carbons (Fsp3) is 0.409. The van der Waals surface area contributed by atoms with Crippen LogP contribution < -0.4 is 0 Å². The Hall–Kier alpha value is -2.40. The van der Waals surface area contributed by atoms with Gasteiger partial charge in [0.15, 0.2) is 5.78 Å². The summed E-state index contributed by atoms with van der Waals surface area (Å²) in [5, 5.41) is 1.50. The summed E-state index contributed by atoms with van der Waals surface area (Å²) in [6.07, 6.45) is 0.237. The van der Waals surface area contributed by atoms with Gasteiger partial charge in [-0.05, 0) is 41.8 Å². The molecule has 2 aliphatic rings. The minimum absolute atomic E-state index is 0.0593. The molecule has 1 fully saturated rings. The quantitative estimate of drug-likeness (QED) is 0.572. The smallest absolute Gasteiger partial charge is 0.410 e. The molecule has 2 aromatic carbocycles. The number of hydrogen-bond acceptors (Lipinski definition) is 4. The van der Waals surface area contributed by atoms with Crippen LogP contribution in [0.5, 0.6) is 0 Å². The topological polar surface area (TPSA) is 63.7 Å². The van der Waals surface area contributed by atoms with Crippen LogP contribution >= 0.6 is 11.6 Å². The van der Waals surface area contributed by atoms with E-state index in [0.717, 1.165) is 28.2 Å². The van der Waals surface area contributed by atoms with E-state index >= 15 is 0 Å². The van der Waals surface area contributed by atoms with E-state index < -0.39 is 22.8 Å². The fourth-order valence-electron chi connectivity index (χ4n) is 4.39. The Morgan fingerprint density at radius 2 is 1.86 bits per heavy atom. The number of aldehydes is 1. The van der Waals surface area contributed by atoms with Gasteiger partial charge in [0.1, 0.15) is 6.29 Å². The van der Waals surface area contributed by atoms with Crippen molar-refractivity contribution in [1.82, 2.24) is 4.90 Å². The number of likely N-dealkylation sites (tertiary alicyclic amines) is 1. The van der Waals surface area contributed by atoms with Gasteiger partial charge in [-0.2, -0.15) is 0 Å². The van der Waals surface area contributed by atoms with E-state index in [-0.39, 0.29) is 31.4 Å². The van der Waals surface area contributed by atoms with Gasteiger partial charge in [-0.25, -0.2) is 4.79 Å². The molecule has 1 aliphatic carbocycles. The zero-order valence-electron chi connectivity index (χ0n) is 15.9. The number of carbonyl (C=O) groups excluding carboxylic acids is 3. The molecule has 146 valence electrons. The average molecular weight is 400 g/mol. The number of Topliss-reactive ketones (excluding diaryl/α,β-unsaturated/α-hetero) is 1. The van der Waals surface area contributed by atoms with Gasteiger partial charge in [0.05, 0.1) is 22.8 Å². The number of benzene rings is 2. The minimum atomic E-state index is -0.874. The molecule has 0 radical (unpaired) electrons. The molecule has 1 aliphatic heterocycles. The van der Waals surface area contributed by atoms with Crippen molar-refractivity contribution < 1.29 is 19.1 Å². The number of ketones is 1. The number of carbonyl (C=O) groups is 3. The fourth-order valence-corrected chi connectivity index (χ4v) is 4.83. The molecule has 0 aromatic heterocycles. The Morgan fingerprint density at radius 1 is 1.25 bits per heavy atom. The summed E-state index contributed by atoms with van der Waals surface area (Å²) >= 11 is 6.85. The third-order valence-corrected chi connectivity index (χ3v) is 6.42. The second-order valence-corrected chi connectivity index (χ2v) is 8.39. The second-order valence-electron chi connectivity index (χ2n) is 7.95. The summed E-state index contributed by atoms with van der Waals surface area (Å²) < 4.78 is 5.24. The number of halogens is 1. The summed E-state index contributed by atoms with van der Waals surface area (Å²) in [7, 11) is 0. The predicted molar refractivity (Wildman–Crippen MR) is 107 cm³/mol. The Morgan fingerprint density at radius 3 is 2.43 bits per heavy atom. The molecule has 5 nitrogen and oxygen atoms in total. The standard InChI is InChI=1S/C22H22ClNO4/c1-13(2)28-21(27)24-11-22(12-24)19(23)18-10-15-6-4-3-5-14(15)9-17(18)16(7-8-25)20(22)26/h3-6,8-10,13,16,19H,7,11-12H2,1-2H3. The van der Waals surface area contributed by atoms with Crippen LogP contribution in [-0.2, 0) is 14.3 Å². The highest BCUT2D eigenvalue weighted by molar-refractivity contribution is 6.25. The summed E-state index contributed by atoms with van der Waals surface area (Å²) in [5.41, 5.74) is 0.828. The number of ether oxygens (including phenoxy) is 1. The SMILES string of the molecule is CC(C)OC(=O)N1CC2(C1)C(=O)C(CC=O)c1cc3ccccc3cc1C2Cl. The molecule has 1 spiro atoms. The highest BCUT2D eigenvalue weighted by Gasteiger charge is 2.60. The summed E-state index contributed by atoms with van der Waals surface area (Å²) in [5.74, 6) is -0.591. The van der Waals surface area contributed by atoms with Crippen molar-refractivity contribution in [2.45, 2.75) is 37.7 Å². The molecular weight excluding hydrogens is 378 g/mol. The van der Waals surface area contributed by atoms with Gasteiger partial charge < -0.3 is 14.4 Å². The van der Waals surface area contributed by atoms with Crippen molar-refractivity contribution >= 4 is 40.5 Å². The van der Waals surface area contributed by atoms with Gasteiger partial charge in [0.25, 0.3) is 0 Å². The lowest BCUT2D eigenvalue weighted by Gasteiger charge is -2.54. The van der Waals surface area contributed by atoms with Crippen molar-refractivity contribution in [3.63, 3.8) is 0 Å². The minimum Gasteiger partial charge on any atom is -0.447 e. The Balaban J connectivity index is 1.74. The highest BCUT2D eigenvalue weighted by Crippen LogP contribution is 2.56. The van der Waals surface area contributed by atoms with E-state index in [9.17, 15) is 14.4 Å². The first-order valence-corrected chi connectivity index (χ1v) is 9.91. The van der Waals surface area contributed by atoms with Gasteiger partial charge >= 0.3 is 6.09 Å². The molecule has 1 heterocycles. The van der Waals surface area contributed by atoms with Gasteiger partial charge in [-0.1, -0.05) is 30.3 Å². The molecule has 2 unspecified atom stereocenters. The number of amides is 1. The number of rotatable bonds is 3. The molecule has 28 heavy (non-hydrogen) atoms. The molecular formula is C22H22ClNO4. The summed E-state index contributed by atoms with van der Waals surface area (Å²) in [4.78, 5) is 38.4. The van der Waals surface area contributed by atoms with E-state index in [1.165, 1.54) is 4.90 Å². The maximum atomic E-state index is 13.4. The van der Waals surface area contributed by atoms with E-state index in [4.69, 9.17) is 16.3 Å². The number of fused-ring (bicyclic) bond motifs is 2. The first-order valence-electron chi connectivity index (χ1n) is 9.47. The zero-order valence-corrected chi connectivity index (χ0v) is 16.6. The van der Waals surface area contributed by atoms with Crippen LogP contribution in [0.3, 0.4) is 0 Å². The molecule has 1 saturated heterocycles. The molecule has 0 saturated carbocycles. The molecule has 2 atom stereocenters. The van der Waals surface area contributed by atoms with E-state index in [1.54, 1.807) is 13.8 Å². The Bertz CT molecular complexity index is 964. The normalized spacial score (nSPS) is 22.9. The predicted octanol–water partition coefficient (Wildman–Crippen LogP) is 4.22. The molecule has 0 bridgehead atoms. The Labute approximate surface area is 168 Å². The first-order chi connectivity index (χ1) is 13.4. The second kappa shape index (κ2) is 6.89. The number of hydrogen-bond donors (Lipinski definition) is 0. The Kier molecular flexibility index (Phi) is 4.66. The van der Waals surface area contributed by atoms with E-state index in [0.29, 0.717) is 0 Å². The van der Waals surface area contributed by atoms with Gasteiger partial charge in [0, 0.05) is 19.5 Å². The molecule has 0 N–H and O–H groups in total. The highest BCUT2D eigenvalue weighted by atomic mass is 35.5. The van der Waals surface area contributed by atoms with Gasteiger partial charge in [-0.15, -0.1) is 11.6 Å². The van der Waals surface area contributed by atoms with Crippen LogP contribution in [0.1, 0.15) is 42.7 Å². The van der Waals surface area contributed by atoms with Crippen LogP contribution in [0.25, 0.3) is 10.8 Å². The van der Waals surface area contributed by atoms with Crippen molar-refractivity contribution in [3.05, 3.63) is 47.5 Å². The van der Waals surface area contributed by atoms with Crippen LogP contribution in [-0.4, -0.2) is 42.3 Å². The van der Waals surface area contributed by atoms with Gasteiger partial charge in [-0.3, -0.25) is 4.79 Å². The number of nitrogens with zero attached hydrogens (tertiary/aromatic N) is 1. The lowest BCUT2D eigenvalue weighted by Crippen LogP contribution is -2.66. The molecule has 6 heteroatoms. The van der Waals surface area contributed by atoms with Crippen LogP contribution in [0, 0.1) is 5.41 Å². The van der Waals surface area contributed by atoms with Crippen molar-refractivity contribution in [3.8, 4) is 0 Å². The van der Waals surface area contributed by atoms with Crippen LogP contribution in [0.2, 0.25) is 0 Å². The van der Waals surface area contributed by atoms with E-state index in [1.807, 2.05) is 36.4 Å². The lowest BCUT2D eigenvalue weighted by atomic mass is 9.61. The molecule has 1 amide bonds. The zero-order chi connectivity index (χ0) is 20.1. The lowest BCUT2D eigenvalue weighted by molar-refractivity contribution is -0.142. The van der Waals surface area contributed by atoms with E-state index in [2.05, 4.69) is 0 Å². The average Bonchev–Trinajstić information content (AvgIpc) is 2.62. The van der Waals surface area contributed by atoms with Crippen molar-refractivity contribution in [2.75, 3.05) is 13.1 Å². The maximum Gasteiger partial charge on any atom is 0.410 e. The number of alkyl halides is 1. The third-order valence-electron chi connectivity index (χ3n) is 5.76. The molecule has 4 rings (SSSR count). The summed E-state index contributed by atoms with van der Waals surface area (Å²) in [6, 6.07) is 11.9. The van der Waals surface area contributed by atoms with Crippen LogP contribution in [0.15, 0.2) is 36.4 Å². The summed E-state index contributed by atoms with van der Waals surface area (Å²) in [6.45, 7) is 4.00. The van der Waals surface area contributed by atoms with Crippen molar-refractivity contribution in [1.29, 1.82) is 0 Å². The molecule has 2 aromatic rings. The first kappa shape index (κ1) is 18.9.